The van der Waals surface area contributed by atoms with E-state index in [4.69, 9.17) is 9.47 Å². The highest BCUT2D eigenvalue weighted by Crippen LogP contribution is 2.34. The summed E-state index contributed by atoms with van der Waals surface area (Å²) in [5.41, 5.74) is -0.0991. The maximum atomic E-state index is 6.32. The van der Waals surface area contributed by atoms with Crippen LogP contribution in [-0.4, -0.2) is 72.9 Å². The van der Waals surface area contributed by atoms with Crippen molar-refractivity contribution in [2.75, 3.05) is 52.5 Å². The van der Waals surface area contributed by atoms with Crippen LogP contribution in [0.1, 0.15) is 24.3 Å². The molecule has 0 unspecified atom stereocenters. The van der Waals surface area contributed by atoms with Crippen LogP contribution in [-0.2, 0) is 16.0 Å². The molecule has 0 bridgehead atoms. The van der Waals surface area contributed by atoms with E-state index >= 15 is 0 Å². The van der Waals surface area contributed by atoms with Crippen LogP contribution in [0, 0.1) is 5.92 Å². The molecule has 0 N–H and O–H groups in total. The minimum atomic E-state index is -0.0991. The summed E-state index contributed by atoms with van der Waals surface area (Å²) in [4.78, 5) is 9.50. The van der Waals surface area contributed by atoms with E-state index < -0.39 is 0 Å². The largest absolute Gasteiger partial charge is 0.377 e. The first-order valence-corrected chi connectivity index (χ1v) is 9.74. The molecule has 4 heterocycles. The van der Waals surface area contributed by atoms with Crippen molar-refractivity contribution in [1.29, 1.82) is 0 Å². The molecule has 0 saturated carbocycles. The Kier molecular flexibility index (Phi) is 4.96. The summed E-state index contributed by atoms with van der Waals surface area (Å²) >= 11 is 1.74. The van der Waals surface area contributed by atoms with E-state index in [1.807, 2.05) is 6.20 Å². The van der Waals surface area contributed by atoms with Crippen LogP contribution in [0.3, 0.4) is 0 Å². The molecule has 23 heavy (non-hydrogen) atoms. The zero-order chi connectivity index (χ0) is 15.5. The lowest BCUT2D eigenvalue weighted by atomic mass is 9.94. The maximum Gasteiger partial charge on any atom is 0.107 e. The number of rotatable bonds is 4. The quantitative estimate of drug-likeness (QED) is 0.838. The van der Waals surface area contributed by atoms with Gasteiger partial charge in [0.15, 0.2) is 0 Å². The highest BCUT2D eigenvalue weighted by molar-refractivity contribution is 7.09. The third-order valence-electron chi connectivity index (χ3n) is 5.27. The van der Waals surface area contributed by atoms with E-state index in [1.54, 1.807) is 11.3 Å². The molecule has 1 spiro atoms. The van der Waals surface area contributed by atoms with Gasteiger partial charge in [0.05, 0.1) is 26.4 Å². The second-order valence-electron chi connectivity index (χ2n) is 7.26. The molecule has 4 rings (SSSR count). The number of thiazole rings is 1. The van der Waals surface area contributed by atoms with E-state index in [9.17, 15) is 0 Å². The molecule has 3 saturated heterocycles. The second kappa shape index (κ2) is 7.15. The third-order valence-corrected chi connectivity index (χ3v) is 6.04. The predicted octanol–water partition coefficient (Wildman–Crippen LogP) is 1.85. The zero-order valence-electron chi connectivity index (χ0n) is 13.8. The van der Waals surface area contributed by atoms with Gasteiger partial charge in [0.2, 0.25) is 0 Å². The van der Waals surface area contributed by atoms with Crippen molar-refractivity contribution in [3.63, 3.8) is 0 Å². The van der Waals surface area contributed by atoms with Crippen LogP contribution in [0.2, 0.25) is 0 Å². The van der Waals surface area contributed by atoms with Gasteiger partial charge in [-0.1, -0.05) is 0 Å². The van der Waals surface area contributed by atoms with Gasteiger partial charge in [-0.15, -0.1) is 11.3 Å². The van der Waals surface area contributed by atoms with Gasteiger partial charge in [-0.25, -0.2) is 4.98 Å². The standard InChI is InChI=1S/C17H27N3O2S/c1-2-5-19(4-1)10-15-9-17(22-12-15)13-20(6-7-21-14-17)11-16-18-3-8-23-16/h3,8,15H,1-2,4-7,9-14H2/t15-,17+/m1/s1. The van der Waals surface area contributed by atoms with E-state index in [0.29, 0.717) is 5.92 Å². The highest BCUT2D eigenvalue weighted by Gasteiger charge is 2.43. The second-order valence-corrected chi connectivity index (χ2v) is 8.24. The van der Waals surface area contributed by atoms with Crippen LogP contribution in [0.5, 0.6) is 0 Å². The van der Waals surface area contributed by atoms with Crippen LogP contribution >= 0.6 is 11.3 Å². The first kappa shape index (κ1) is 16.0. The molecule has 0 aromatic carbocycles. The van der Waals surface area contributed by atoms with Crippen LogP contribution in [0.4, 0.5) is 0 Å². The fourth-order valence-corrected chi connectivity index (χ4v) is 4.90. The number of aromatic nitrogens is 1. The zero-order valence-corrected chi connectivity index (χ0v) is 14.6. The van der Waals surface area contributed by atoms with Crippen LogP contribution in [0.15, 0.2) is 11.6 Å². The molecule has 6 heteroatoms. The topological polar surface area (TPSA) is 37.8 Å². The van der Waals surface area contributed by atoms with Crippen LogP contribution in [0.25, 0.3) is 0 Å². The van der Waals surface area contributed by atoms with E-state index in [1.165, 1.54) is 37.5 Å². The van der Waals surface area contributed by atoms with Gasteiger partial charge in [0.1, 0.15) is 10.6 Å². The van der Waals surface area contributed by atoms with Gasteiger partial charge in [-0.05, 0) is 38.3 Å². The summed E-state index contributed by atoms with van der Waals surface area (Å²) in [7, 11) is 0. The first-order valence-electron chi connectivity index (χ1n) is 8.86. The van der Waals surface area contributed by atoms with E-state index in [0.717, 1.165) is 45.9 Å². The molecule has 3 aliphatic heterocycles. The van der Waals surface area contributed by atoms with Crippen molar-refractivity contribution in [1.82, 2.24) is 14.8 Å². The molecule has 3 aliphatic rings. The Hall–Kier alpha value is -0.530. The molecule has 1 aromatic rings. The lowest BCUT2D eigenvalue weighted by Gasteiger charge is -2.31. The minimum absolute atomic E-state index is 0.0991. The van der Waals surface area contributed by atoms with Crippen molar-refractivity contribution < 1.29 is 9.47 Å². The summed E-state index contributed by atoms with van der Waals surface area (Å²) < 4.78 is 12.2. The number of hydrogen-bond acceptors (Lipinski definition) is 6. The number of hydrogen-bond donors (Lipinski definition) is 0. The van der Waals surface area contributed by atoms with Crippen molar-refractivity contribution >= 4 is 11.3 Å². The molecule has 0 amide bonds. The van der Waals surface area contributed by atoms with Gasteiger partial charge in [0.25, 0.3) is 0 Å². The molecule has 0 aliphatic carbocycles. The van der Waals surface area contributed by atoms with Gasteiger partial charge >= 0.3 is 0 Å². The molecular weight excluding hydrogens is 310 g/mol. The maximum absolute atomic E-state index is 6.32. The van der Waals surface area contributed by atoms with Gasteiger partial charge < -0.3 is 14.4 Å². The Bertz CT molecular complexity index is 492. The SMILES string of the molecule is c1csc(CN2CCOC[C@]3(C[C@H](CN4CCCC4)CO3)C2)n1. The Labute approximate surface area is 142 Å². The molecule has 128 valence electrons. The normalized spacial score (nSPS) is 33.5. The molecule has 5 nitrogen and oxygen atoms in total. The average molecular weight is 337 g/mol. The Morgan fingerprint density at radius 3 is 3.00 bits per heavy atom. The number of likely N-dealkylation sites (tertiary alicyclic amines) is 1. The summed E-state index contributed by atoms with van der Waals surface area (Å²) in [5.74, 6) is 0.663. The molecule has 1 aromatic heterocycles. The number of nitrogens with zero attached hydrogens (tertiary/aromatic N) is 3. The Balaban J connectivity index is 1.36. The predicted molar refractivity (Wildman–Crippen MR) is 90.7 cm³/mol. The van der Waals surface area contributed by atoms with Crippen molar-refractivity contribution in [3.05, 3.63) is 16.6 Å². The lowest BCUT2D eigenvalue weighted by Crippen LogP contribution is -2.44. The van der Waals surface area contributed by atoms with Gasteiger partial charge in [0, 0.05) is 31.2 Å². The summed E-state index contributed by atoms with van der Waals surface area (Å²) in [6, 6.07) is 0. The molecule has 0 radical (unpaired) electrons. The molecular formula is C17H27N3O2S. The molecule has 2 atom stereocenters. The van der Waals surface area contributed by atoms with E-state index in [-0.39, 0.29) is 5.60 Å². The Morgan fingerprint density at radius 2 is 2.17 bits per heavy atom. The van der Waals surface area contributed by atoms with Crippen molar-refractivity contribution in [2.45, 2.75) is 31.4 Å². The summed E-state index contributed by atoms with van der Waals surface area (Å²) in [6.45, 7) is 9.06. The first-order chi connectivity index (χ1) is 11.3. The minimum Gasteiger partial charge on any atom is -0.377 e. The third kappa shape index (κ3) is 3.94. The lowest BCUT2D eigenvalue weighted by molar-refractivity contribution is -0.0563. The molecule has 3 fully saturated rings. The van der Waals surface area contributed by atoms with Gasteiger partial charge in [-0.2, -0.15) is 0 Å². The summed E-state index contributed by atoms with van der Waals surface area (Å²) in [6.07, 6.45) is 5.76. The van der Waals surface area contributed by atoms with E-state index in [2.05, 4.69) is 20.2 Å². The van der Waals surface area contributed by atoms with Crippen molar-refractivity contribution in [3.8, 4) is 0 Å². The highest BCUT2D eigenvalue weighted by atomic mass is 32.1. The number of ether oxygens (including phenoxy) is 2. The van der Waals surface area contributed by atoms with Gasteiger partial charge in [-0.3, -0.25) is 4.90 Å². The average Bonchev–Trinajstić information content (AvgIpc) is 3.25. The smallest absolute Gasteiger partial charge is 0.107 e. The van der Waals surface area contributed by atoms with Crippen LogP contribution < -0.4 is 0 Å². The fourth-order valence-electron chi connectivity index (χ4n) is 4.24. The van der Waals surface area contributed by atoms with Crippen molar-refractivity contribution in [2.24, 2.45) is 5.92 Å². The Morgan fingerprint density at radius 1 is 1.26 bits per heavy atom. The monoisotopic (exact) mass is 337 g/mol. The fraction of sp³-hybridized carbons (Fsp3) is 0.824. The summed E-state index contributed by atoms with van der Waals surface area (Å²) in [5, 5.41) is 3.24.